The smallest absolute Gasteiger partial charge is 0.325 e. The molecule has 0 aliphatic carbocycles. The average molecular weight is 252 g/mol. The van der Waals surface area contributed by atoms with Crippen LogP contribution in [0.5, 0.6) is 0 Å². The third kappa shape index (κ3) is 1.60. The lowest BCUT2D eigenvalue weighted by Crippen LogP contribution is -2.19. The maximum absolute atomic E-state index is 12.0. The molecule has 1 N–H and O–H groups in total. The van der Waals surface area contributed by atoms with Crippen molar-refractivity contribution < 1.29 is 9.90 Å². The number of aliphatic carboxylic acids is 1. The summed E-state index contributed by atoms with van der Waals surface area (Å²) >= 11 is 1.51. The van der Waals surface area contributed by atoms with E-state index >= 15 is 0 Å². The Morgan fingerprint density at radius 3 is 3.18 bits per heavy atom. The molecule has 1 aliphatic heterocycles. The normalized spacial score (nSPS) is 14.1. The molecule has 2 aromatic rings. The van der Waals surface area contributed by atoms with Crippen LogP contribution < -0.4 is 5.56 Å². The topological polar surface area (TPSA) is 90.0 Å². The fraction of sp³-hybridized carbons (Fsp3) is 0.333. The van der Waals surface area contributed by atoms with Crippen LogP contribution in [-0.2, 0) is 17.9 Å². The lowest BCUT2D eigenvalue weighted by molar-refractivity contribution is -0.137. The predicted molar refractivity (Wildman–Crippen MR) is 60.1 cm³/mol. The van der Waals surface area contributed by atoms with Gasteiger partial charge >= 0.3 is 5.97 Å². The van der Waals surface area contributed by atoms with Gasteiger partial charge in [-0.3, -0.25) is 18.8 Å². The van der Waals surface area contributed by atoms with Gasteiger partial charge in [-0.05, 0) is 0 Å². The van der Waals surface area contributed by atoms with Crippen LogP contribution in [0.1, 0.15) is 0 Å². The van der Waals surface area contributed by atoms with Gasteiger partial charge in [0.15, 0.2) is 10.8 Å². The van der Waals surface area contributed by atoms with E-state index in [1.165, 1.54) is 22.6 Å². The van der Waals surface area contributed by atoms with Crippen LogP contribution in [-0.4, -0.2) is 36.2 Å². The van der Waals surface area contributed by atoms with Gasteiger partial charge in [0.05, 0.1) is 0 Å². The Morgan fingerprint density at radius 2 is 2.41 bits per heavy atom. The molecule has 0 aromatic carbocycles. The lowest BCUT2D eigenvalue weighted by atomic mass is 10.4. The molecule has 0 spiro atoms. The van der Waals surface area contributed by atoms with Gasteiger partial charge < -0.3 is 5.11 Å². The summed E-state index contributed by atoms with van der Waals surface area (Å²) in [4.78, 5) is 26.8. The second-order valence-corrected chi connectivity index (χ2v) is 4.72. The maximum Gasteiger partial charge on any atom is 0.325 e. The second kappa shape index (κ2) is 3.59. The number of thioether (sulfide) groups is 1. The molecule has 3 heterocycles. The molecule has 17 heavy (non-hydrogen) atoms. The number of hydrogen-bond donors (Lipinski definition) is 1. The Bertz CT molecular complexity index is 675. The fourth-order valence-corrected chi connectivity index (χ4v) is 2.72. The van der Waals surface area contributed by atoms with Crippen LogP contribution in [0.2, 0.25) is 0 Å². The van der Waals surface area contributed by atoms with Gasteiger partial charge in [0.1, 0.15) is 11.9 Å². The van der Waals surface area contributed by atoms with Crippen molar-refractivity contribution in [3.63, 3.8) is 0 Å². The van der Waals surface area contributed by atoms with E-state index in [-0.39, 0.29) is 12.1 Å². The van der Waals surface area contributed by atoms with Gasteiger partial charge in [-0.1, -0.05) is 11.8 Å². The highest BCUT2D eigenvalue weighted by molar-refractivity contribution is 7.99. The highest BCUT2D eigenvalue weighted by Gasteiger charge is 2.18. The summed E-state index contributed by atoms with van der Waals surface area (Å²) in [6.45, 7) is 0.379. The molecule has 7 nitrogen and oxygen atoms in total. The fourth-order valence-electron chi connectivity index (χ4n) is 1.78. The number of aromatic nitrogens is 4. The van der Waals surface area contributed by atoms with Crippen LogP contribution >= 0.6 is 11.8 Å². The van der Waals surface area contributed by atoms with Gasteiger partial charge in [0, 0.05) is 18.5 Å². The van der Waals surface area contributed by atoms with Crippen LogP contribution in [0.25, 0.3) is 11.0 Å². The zero-order chi connectivity index (χ0) is 12.0. The maximum atomic E-state index is 12.0. The predicted octanol–water partition coefficient (Wildman–Crippen LogP) is -0.217. The van der Waals surface area contributed by atoms with Crippen molar-refractivity contribution in [3.05, 3.63) is 16.6 Å². The van der Waals surface area contributed by atoms with Crippen molar-refractivity contribution in [1.29, 1.82) is 0 Å². The third-order valence-electron chi connectivity index (χ3n) is 2.49. The lowest BCUT2D eigenvalue weighted by Gasteiger charge is -1.98. The molecule has 8 heteroatoms. The van der Waals surface area contributed by atoms with Crippen LogP contribution in [0, 0.1) is 0 Å². The summed E-state index contributed by atoms with van der Waals surface area (Å²) in [6.07, 6.45) is 1.44. The zero-order valence-corrected chi connectivity index (χ0v) is 9.48. The minimum absolute atomic E-state index is 0.147. The quantitative estimate of drug-likeness (QED) is 0.743. The first-order valence-corrected chi connectivity index (χ1v) is 5.96. The van der Waals surface area contributed by atoms with Gasteiger partial charge in [0.2, 0.25) is 0 Å². The molecular formula is C9H8N4O3S. The van der Waals surface area contributed by atoms with E-state index < -0.39 is 5.97 Å². The summed E-state index contributed by atoms with van der Waals surface area (Å²) in [5.74, 6) is -0.163. The number of rotatable bonds is 2. The molecule has 88 valence electrons. The Kier molecular flexibility index (Phi) is 2.18. The molecule has 1 aliphatic rings. The molecule has 0 saturated heterocycles. The van der Waals surface area contributed by atoms with Crippen molar-refractivity contribution >= 4 is 28.8 Å². The standard InChI is InChI=1S/C9H8N4O3S/c14-6(15)4-12-3-5-7(11-12)10-9-13(8(5)16)1-2-17-9/h3H,1-2,4H2,(H,14,15). The number of carbonyl (C=O) groups is 1. The number of hydrogen-bond acceptors (Lipinski definition) is 5. The van der Waals surface area contributed by atoms with E-state index in [1.54, 1.807) is 4.57 Å². The highest BCUT2D eigenvalue weighted by Crippen LogP contribution is 2.22. The Hall–Kier alpha value is -1.83. The van der Waals surface area contributed by atoms with Gasteiger partial charge in [-0.25, -0.2) is 4.98 Å². The second-order valence-electron chi connectivity index (χ2n) is 3.66. The Morgan fingerprint density at radius 1 is 1.59 bits per heavy atom. The van der Waals surface area contributed by atoms with Gasteiger partial charge in [-0.2, -0.15) is 5.10 Å². The van der Waals surface area contributed by atoms with Crippen molar-refractivity contribution in [2.24, 2.45) is 0 Å². The molecule has 0 fully saturated rings. The van der Waals surface area contributed by atoms with E-state index in [2.05, 4.69) is 10.1 Å². The van der Waals surface area contributed by atoms with Gasteiger partial charge in [-0.15, -0.1) is 0 Å². The number of carboxylic acid groups (broad SMARTS) is 1. The van der Waals surface area contributed by atoms with Crippen LogP contribution in [0.3, 0.4) is 0 Å². The van der Waals surface area contributed by atoms with Gasteiger partial charge in [0.25, 0.3) is 5.56 Å². The number of nitrogens with zero attached hydrogens (tertiary/aromatic N) is 4. The highest BCUT2D eigenvalue weighted by atomic mass is 32.2. The molecule has 0 atom stereocenters. The van der Waals surface area contributed by atoms with E-state index in [4.69, 9.17) is 5.11 Å². The van der Waals surface area contributed by atoms with E-state index in [0.717, 1.165) is 5.75 Å². The van der Waals surface area contributed by atoms with E-state index in [1.807, 2.05) is 0 Å². The molecule has 3 rings (SSSR count). The van der Waals surface area contributed by atoms with Crippen molar-refractivity contribution in [2.75, 3.05) is 5.75 Å². The summed E-state index contributed by atoms with van der Waals surface area (Å²) in [5.41, 5.74) is 0.170. The van der Waals surface area contributed by atoms with Crippen LogP contribution in [0.15, 0.2) is 16.1 Å². The zero-order valence-electron chi connectivity index (χ0n) is 8.66. The largest absolute Gasteiger partial charge is 0.480 e. The molecule has 0 amide bonds. The molecule has 2 aromatic heterocycles. The monoisotopic (exact) mass is 252 g/mol. The Labute approximate surface area is 99.1 Å². The number of fused-ring (bicyclic) bond motifs is 2. The first kappa shape index (κ1) is 10.3. The van der Waals surface area contributed by atoms with Crippen molar-refractivity contribution in [3.8, 4) is 0 Å². The molecule has 0 bridgehead atoms. The first-order chi connectivity index (χ1) is 8.15. The average Bonchev–Trinajstić information content (AvgIpc) is 2.83. The molecule has 0 saturated carbocycles. The van der Waals surface area contributed by atoms with E-state index in [9.17, 15) is 9.59 Å². The minimum Gasteiger partial charge on any atom is -0.480 e. The summed E-state index contributed by atoms with van der Waals surface area (Å²) in [7, 11) is 0. The third-order valence-corrected chi connectivity index (χ3v) is 3.45. The van der Waals surface area contributed by atoms with Crippen LogP contribution in [0.4, 0.5) is 0 Å². The van der Waals surface area contributed by atoms with Crippen molar-refractivity contribution in [1.82, 2.24) is 19.3 Å². The Balaban J connectivity index is 2.20. The summed E-state index contributed by atoms with van der Waals surface area (Å²) in [6, 6.07) is 0. The molecule has 0 radical (unpaired) electrons. The van der Waals surface area contributed by atoms with E-state index in [0.29, 0.717) is 22.7 Å². The van der Waals surface area contributed by atoms with Crippen molar-refractivity contribution in [2.45, 2.75) is 18.2 Å². The number of carboxylic acids is 1. The molecular weight excluding hydrogens is 244 g/mol. The minimum atomic E-state index is -1.00. The SMILES string of the molecule is O=C(O)Cn1cc2c(=O)n3c(nc2n1)SCC3. The summed E-state index contributed by atoms with van der Waals surface area (Å²) in [5, 5.41) is 13.7. The molecule has 0 unspecified atom stereocenters. The summed E-state index contributed by atoms with van der Waals surface area (Å²) < 4.78 is 2.82. The first-order valence-electron chi connectivity index (χ1n) is 4.98.